The molecule has 0 amide bonds. The molecule has 0 saturated carbocycles. The van der Waals surface area contributed by atoms with Crippen molar-refractivity contribution in [1.82, 2.24) is 4.90 Å². The molecular formula is C19H24N4O6S. The summed E-state index contributed by atoms with van der Waals surface area (Å²) in [5.41, 5.74) is 0.219. The third kappa shape index (κ3) is 5.38. The average molecular weight is 436 g/mol. The lowest BCUT2D eigenvalue weighted by molar-refractivity contribution is -0.385. The highest BCUT2D eigenvalue weighted by atomic mass is 32.2. The summed E-state index contributed by atoms with van der Waals surface area (Å²) in [6, 6.07) is 10.3. The third-order valence-electron chi connectivity index (χ3n) is 4.66. The molecule has 0 aromatic heterocycles. The van der Waals surface area contributed by atoms with Crippen LogP contribution in [-0.4, -0.2) is 64.7 Å². The summed E-state index contributed by atoms with van der Waals surface area (Å²) in [5.74, 6) is 0.341. The Balaban J connectivity index is 1.84. The predicted molar refractivity (Wildman–Crippen MR) is 113 cm³/mol. The number of para-hydroxylation sites is 2. The number of hydrogen-bond acceptors (Lipinski definition) is 8. The number of hydrogen-bond donors (Lipinski definition) is 2. The van der Waals surface area contributed by atoms with Crippen LogP contribution in [0.2, 0.25) is 0 Å². The van der Waals surface area contributed by atoms with Crippen molar-refractivity contribution in [3.8, 4) is 5.75 Å². The number of nitro groups is 1. The van der Waals surface area contributed by atoms with E-state index < -0.39 is 14.9 Å². The maximum atomic E-state index is 13.1. The highest BCUT2D eigenvalue weighted by Gasteiger charge is 2.24. The van der Waals surface area contributed by atoms with Gasteiger partial charge in [0.25, 0.3) is 15.7 Å². The van der Waals surface area contributed by atoms with E-state index in [4.69, 9.17) is 9.47 Å². The Morgan fingerprint density at radius 2 is 1.90 bits per heavy atom. The smallest absolute Gasteiger partial charge is 0.270 e. The number of rotatable bonds is 9. The fraction of sp³-hybridized carbons (Fsp3) is 0.368. The van der Waals surface area contributed by atoms with Gasteiger partial charge in [0.15, 0.2) is 0 Å². The number of ether oxygens (including phenoxy) is 2. The predicted octanol–water partition coefficient (Wildman–Crippen LogP) is 2.15. The molecule has 162 valence electrons. The average Bonchev–Trinajstić information content (AvgIpc) is 2.74. The largest absolute Gasteiger partial charge is 0.495 e. The minimum Gasteiger partial charge on any atom is -0.495 e. The molecule has 1 saturated heterocycles. The van der Waals surface area contributed by atoms with Crippen molar-refractivity contribution in [2.45, 2.75) is 4.90 Å². The van der Waals surface area contributed by atoms with Crippen molar-refractivity contribution >= 4 is 27.1 Å². The van der Waals surface area contributed by atoms with Gasteiger partial charge in [-0.3, -0.25) is 19.7 Å². The molecule has 0 spiro atoms. The topological polar surface area (TPSA) is 123 Å². The monoisotopic (exact) mass is 436 g/mol. The second kappa shape index (κ2) is 9.74. The van der Waals surface area contributed by atoms with Gasteiger partial charge in [-0.15, -0.1) is 0 Å². The van der Waals surface area contributed by atoms with E-state index in [1.165, 1.54) is 19.2 Å². The zero-order chi connectivity index (χ0) is 21.6. The Hall–Kier alpha value is -2.89. The minimum absolute atomic E-state index is 0.204. The minimum atomic E-state index is -4.12. The van der Waals surface area contributed by atoms with Crippen LogP contribution in [0.3, 0.4) is 0 Å². The Morgan fingerprint density at radius 1 is 1.17 bits per heavy atom. The van der Waals surface area contributed by atoms with Crippen molar-refractivity contribution in [1.29, 1.82) is 0 Å². The Bertz CT molecular complexity index is 992. The van der Waals surface area contributed by atoms with Crippen molar-refractivity contribution in [3.05, 3.63) is 52.6 Å². The van der Waals surface area contributed by atoms with Crippen molar-refractivity contribution in [2.75, 3.05) is 56.5 Å². The number of nitro benzene ring substituents is 1. The molecule has 2 aromatic carbocycles. The lowest BCUT2D eigenvalue weighted by atomic mass is 10.3. The molecule has 0 bridgehead atoms. The van der Waals surface area contributed by atoms with Gasteiger partial charge in [0.05, 0.1) is 36.6 Å². The first-order valence-electron chi connectivity index (χ1n) is 9.39. The highest BCUT2D eigenvalue weighted by Crippen LogP contribution is 2.31. The molecule has 11 heteroatoms. The zero-order valence-corrected chi connectivity index (χ0v) is 17.4. The highest BCUT2D eigenvalue weighted by molar-refractivity contribution is 7.93. The van der Waals surface area contributed by atoms with Gasteiger partial charge < -0.3 is 14.8 Å². The second-order valence-corrected chi connectivity index (χ2v) is 8.27. The summed E-state index contributed by atoms with van der Waals surface area (Å²) in [6.45, 7) is 4.12. The lowest BCUT2D eigenvalue weighted by Gasteiger charge is -2.26. The number of nitrogens with zero attached hydrogens (tertiary/aromatic N) is 2. The number of methoxy groups -OCH3 is 1. The molecule has 0 unspecified atom stereocenters. The number of morpholine rings is 1. The van der Waals surface area contributed by atoms with Gasteiger partial charge in [0.2, 0.25) is 0 Å². The molecule has 0 radical (unpaired) electrons. The fourth-order valence-corrected chi connectivity index (χ4v) is 4.37. The number of anilines is 2. The first-order chi connectivity index (χ1) is 14.4. The van der Waals surface area contributed by atoms with Gasteiger partial charge in [-0.25, -0.2) is 8.42 Å². The van der Waals surface area contributed by atoms with Gasteiger partial charge in [-0.05, 0) is 18.2 Å². The third-order valence-corrected chi connectivity index (χ3v) is 6.07. The van der Waals surface area contributed by atoms with Gasteiger partial charge in [0, 0.05) is 38.3 Å². The van der Waals surface area contributed by atoms with E-state index in [9.17, 15) is 18.5 Å². The van der Waals surface area contributed by atoms with Crippen LogP contribution in [0, 0.1) is 10.1 Å². The molecule has 1 fully saturated rings. The van der Waals surface area contributed by atoms with Crippen LogP contribution >= 0.6 is 0 Å². The van der Waals surface area contributed by atoms with Crippen molar-refractivity contribution in [2.24, 2.45) is 0 Å². The molecule has 1 heterocycles. The molecule has 2 aromatic rings. The molecule has 1 aliphatic heterocycles. The van der Waals surface area contributed by atoms with Crippen molar-refractivity contribution in [3.63, 3.8) is 0 Å². The molecule has 0 aliphatic carbocycles. The van der Waals surface area contributed by atoms with E-state index in [2.05, 4.69) is 14.9 Å². The summed E-state index contributed by atoms with van der Waals surface area (Å²) in [7, 11) is -2.69. The summed E-state index contributed by atoms with van der Waals surface area (Å²) in [5, 5.41) is 14.3. The maximum absolute atomic E-state index is 13.1. The quantitative estimate of drug-likeness (QED) is 0.453. The lowest BCUT2D eigenvalue weighted by Crippen LogP contribution is -2.39. The normalized spacial score (nSPS) is 14.8. The second-order valence-electron chi connectivity index (χ2n) is 6.62. The Labute approximate surface area is 175 Å². The van der Waals surface area contributed by atoms with Gasteiger partial charge in [-0.1, -0.05) is 12.1 Å². The number of benzene rings is 2. The number of non-ortho nitro benzene ring substituents is 1. The van der Waals surface area contributed by atoms with Gasteiger partial charge in [0.1, 0.15) is 10.6 Å². The zero-order valence-electron chi connectivity index (χ0n) is 16.5. The molecule has 0 atom stereocenters. The van der Waals surface area contributed by atoms with Crippen LogP contribution in [0.5, 0.6) is 5.75 Å². The van der Waals surface area contributed by atoms with Crippen LogP contribution in [0.15, 0.2) is 47.4 Å². The van der Waals surface area contributed by atoms with E-state index in [0.29, 0.717) is 32.1 Å². The molecule has 30 heavy (non-hydrogen) atoms. The molecular weight excluding hydrogens is 412 g/mol. The van der Waals surface area contributed by atoms with Crippen LogP contribution in [0.4, 0.5) is 17.1 Å². The van der Waals surface area contributed by atoms with E-state index in [1.54, 1.807) is 24.3 Å². The summed E-state index contributed by atoms with van der Waals surface area (Å²) >= 11 is 0. The summed E-state index contributed by atoms with van der Waals surface area (Å²) in [4.78, 5) is 12.6. The summed E-state index contributed by atoms with van der Waals surface area (Å²) in [6.07, 6.45) is 0. The molecule has 10 nitrogen and oxygen atoms in total. The first kappa shape index (κ1) is 21.8. The van der Waals surface area contributed by atoms with Crippen LogP contribution in [-0.2, 0) is 14.8 Å². The van der Waals surface area contributed by atoms with Gasteiger partial charge >= 0.3 is 0 Å². The van der Waals surface area contributed by atoms with E-state index in [0.717, 1.165) is 19.2 Å². The van der Waals surface area contributed by atoms with E-state index in [-0.39, 0.29) is 22.0 Å². The van der Waals surface area contributed by atoms with Gasteiger partial charge in [-0.2, -0.15) is 0 Å². The first-order valence-corrected chi connectivity index (χ1v) is 10.9. The molecule has 1 aliphatic rings. The number of sulfonamides is 1. The standard InChI is InChI=1S/C19H24N4O6S/c1-28-18-5-3-2-4-16(18)21-30(26,27)19-14-15(23(24)25)6-7-17(19)20-8-9-22-10-12-29-13-11-22/h2-7,14,20-21H,8-13H2,1H3. The van der Waals surface area contributed by atoms with Crippen LogP contribution in [0.1, 0.15) is 0 Å². The van der Waals surface area contributed by atoms with Crippen molar-refractivity contribution < 1.29 is 22.8 Å². The Kier molecular flexibility index (Phi) is 7.08. The fourth-order valence-electron chi connectivity index (χ4n) is 3.10. The molecule has 2 N–H and O–H groups in total. The summed E-state index contributed by atoms with van der Waals surface area (Å²) < 4.78 is 39.1. The van der Waals surface area contributed by atoms with E-state index >= 15 is 0 Å². The molecule has 3 rings (SSSR count). The SMILES string of the molecule is COc1ccccc1NS(=O)(=O)c1cc([N+](=O)[O-])ccc1NCCN1CCOCC1. The number of nitrogens with one attached hydrogen (secondary N) is 2. The maximum Gasteiger partial charge on any atom is 0.270 e. The van der Waals surface area contributed by atoms with Crippen LogP contribution < -0.4 is 14.8 Å². The Morgan fingerprint density at radius 3 is 2.60 bits per heavy atom. The van der Waals surface area contributed by atoms with Crippen LogP contribution in [0.25, 0.3) is 0 Å². The van der Waals surface area contributed by atoms with E-state index in [1.807, 2.05) is 0 Å².